The van der Waals surface area contributed by atoms with Crippen molar-refractivity contribution in [2.45, 2.75) is 12.6 Å². The zero-order valence-corrected chi connectivity index (χ0v) is 12.9. The number of H-pyrrole nitrogens is 1. The number of fused-ring (bicyclic) bond motifs is 1. The standard InChI is InChI=1S/C18H9F5N2O/c19-14-6-13-16(25-8-10(7-24)17(13)26)12(15(14)20)5-9-1-3-11(4-2-9)18(21,22)23/h1-4,6,8H,5H2,(H,25,26). The van der Waals surface area contributed by atoms with Crippen LogP contribution in [0.5, 0.6) is 0 Å². The number of nitrogens with zero attached hydrogens (tertiary/aromatic N) is 1. The second-order valence-electron chi connectivity index (χ2n) is 5.59. The van der Waals surface area contributed by atoms with Gasteiger partial charge in [0.05, 0.1) is 16.5 Å². The van der Waals surface area contributed by atoms with E-state index in [1.54, 1.807) is 6.07 Å². The Hall–Kier alpha value is -3.21. The fraction of sp³-hybridized carbons (Fsp3) is 0.111. The van der Waals surface area contributed by atoms with Gasteiger partial charge in [0.1, 0.15) is 11.6 Å². The van der Waals surface area contributed by atoms with Crippen LogP contribution in [-0.4, -0.2) is 4.98 Å². The van der Waals surface area contributed by atoms with Gasteiger partial charge in [0.25, 0.3) is 0 Å². The van der Waals surface area contributed by atoms with Crippen molar-refractivity contribution in [3.05, 3.63) is 80.6 Å². The second-order valence-corrected chi connectivity index (χ2v) is 5.59. The molecule has 0 aliphatic heterocycles. The molecule has 3 nitrogen and oxygen atoms in total. The SMILES string of the molecule is N#Cc1c[nH]c2c(Cc3ccc(C(F)(F)F)cc3)c(F)c(F)cc2c1=O. The van der Waals surface area contributed by atoms with Crippen LogP contribution in [0.4, 0.5) is 22.0 Å². The van der Waals surface area contributed by atoms with Crippen LogP contribution in [0.15, 0.2) is 41.3 Å². The molecule has 0 aliphatic rings. The average molecular weight is 364 g/mol. The lowest BCUT2D eigenvalue weighted by molar-refractivity contribution is -0.137. The lowest BCUT2D eigenvalue weighted by Crippen LogP contribution is -2.11. The third kappa shape index (κ3) is 3.04. The molecule has 0 atom stereocenters. The van der Waals surface area contributed by atoms with E-state index in [2.05, 4.69) is 4.98 Å². The normalized spacial score (nSPS) is 11.5. The zero-order valence-electron chi connectivity index (χ0n) is 12.9. The van der Waals surface area contributed by atoms with Crippen molar-refractivity contribution >= 4 is 10.9 Å². The minimum atomic E-state index is -4.51. The van der Waals surface area contributed by atoms with Crippen molar-refractivity contribution in [1.29, 1.82) is 5.26 Å². The number of rotatable bonds is 2. The summed E-state index contributed by atoms with van der Waals surface area (Å²) in [6.07, 6.45) is -3.66. The zero-order chi connectivity index (χ0) is 19.1. The number of benzene rings is 2. The van der Waals surface area contributed by atoms with Crippen molar-refractivity contribution in [2.24, 2.45) is 0 Å². The minimum Gasteiger partial charge on any atom is -0.359 e. The van der Waals surface area contributed by atoms with Gasteiger partial charge in [-0.2, -0.15) is 18.4 Å². The first-order valence-electron chi connectivity index (χ1n) is 7.31. The van der Waals surface area contributed by atoms with E-state index in [1.807, 2.05) is 0 Å². The Morgan fingerprint density at radius 2 is 1.77 bits per heavy atom. The van der Waals surface area contributed by atoms with Gasteiger partial charge in [-0.3, -0.25) is 4.79 Å². The van der Waals surface area contributed by atoms with Crippen molar-refractivity contribution in [1.82, 2.24) is 4.98 Å². The molecule has 26 heavy (non-hydrogen) atoms. The highest BCUT2D eigenvalue weighted by Gasteiger charge is 2.30. The van der Waals surface area contributed by atoms with Gasteiger partial charge in [-0.1, -0.05) is 12.1 Å². The highest BCUT2D eigenvalue weighted by atomic mass is 19.4. The van der Waals surface area contributed by atoms with E-state index in [4.69, 9.17) is 5.26 Å². The molecule has 0 saturated carbocycles. The molecule has 132 valence electrons. The first-order chi connectivity index (χ1) is 12.2. The predicted molar refractivity (Wildman–Crippen MR) is 83.4 cm³/mol. The van der Waals surface area contributed by atoms with Gasteiger partial charge < -0.3 is 4.98 Å². The van der Waals surface area contributed by atoms with E-state index in [-0.39, 0.29) is 28.5 Å². The molecule has 0 radical (unpaired) electrons. The number of aromatic nitrogens is 1. The Kier molecular flexibility index (Phi) is 4.24. The number of aromatic amines is 1. The van der Waals surface area contributed by atoms with Crippen molar-refractivity contribution in [3.8, 4) is 6.07 Å². The van der Waals surface area contributed by atoms with Gasteiger partial charge in [0.2, 0.25) is 5.43 Å². The number of nitriles is 1. The first-order valence-corrected chi connectivity index (χ1v) is 7.31. The molecule has 1 aromatic heterocycles. The van der Waals surface area contributed by atoms with E-state index in [1.165, 1.54) is 0 Å². The van der Waals surface area contributed by atoms with E-state index < -0.39 is 28.8 Å². The summed E-state index contributed by atoms with van der Waals surface area (Å²) in [6.45, 7) is 0. The molecule has 0 saturated heterocycles. The molecular formula is C18H9F5N2O. The Bertz CT molecular complexity index is 1090. The van der Waals surface area contributed by atoms with Crippen LogP contribution in [0.1, 0.15) is 22.3 Å². The Balaban J connectivity index is 2.13. The van der Waals surface area contributed by atoms with Crippen LogP contribution in [0, 0.1) is 23.0 Å². The molecular weight excluding hydrogens is 355 g/mol. The lowest BCUT2D eigenvalue weighted by atomic mass is 9.99. The van der Waals surface area contributed by atoms with E-state index in [9.17, 15) is 26.7 Å². The lowest BCUT2D eigenvalue weighted by Gasteiger charge is -2.11. The van der Waals surface area contributed by atoms with Gasteiger partial charge in [0, 0.05) is 18.2 Å². The van der Waals surface area contributed by atoms with Gasteiger partial charge in [0.15, 0.2) is 11.6 Å². The molecule has 8 heteroatoms. The van der Waals surface area contributed by atoms with Crippen LogP contribution in [0.3, 0.4) is 0 Å². The van der Waals surface area contributed by atoms with E-state index in [0.29, 0.717) is 11.6 Å². The number of pyridine rings is 1. The van der Waals surface area contributed by atoms with Gasteiger partial charge in [-0.15, -0.1) is 0 Å². The molecule has 1 heterocycles. The quantitative estimate of drug-likeness (QED) is 0.690. The van der Waals surface area contributed by atoms with Gasteiger partial charge in [-0.05, 0) is 23.8 Å². The van der Waals surface area contributed by atoms with Crippen LogP contribution < -0.4 is 5.43 Å². The summed E-state index contributed by atoms with van der Waals surface area (Å²) in [7, 11) is 0. The number of halogens is 5. The molecule has 1 N–H and O–H groups in total. The summed E-state index contributed by atoms with van der Waals surface area (Å²) in [5.41, 5.74) is -1.79. The summed E-state index contributed by atoms with van der Waals surface area (Å²) in [4.78, 5) is 14.7. The summed E-state index contributed by atoms with van der Waals surface area (Å²) in [5, 5.41) is 8.66. The second kappa shape index (κ2) is 6.26. The Morgan fingerprint density at radius 3 is 2.35 bits per heavy atom. The maximum absolute atomic E-state index is 14.3. The maximum atomic E-state index is 14.3. The van der Waals surface area contributed by atoms with Crippen LogP contribution in [-0.2, 0) is 12.6 Å². The molecule has 3 aromatic rings. The van der Waals surface area contributed by atoms with E-state index >= 15 is 0 Å². The number of nitrogens with one attached hydrogen (secondary N) is 1. The average Bonchev–Trinajstić information content (AvgIpc) is 2.59. The largest absolute Gasteiger partial charge is 0.416 e. The predicted octanol–water partition coefficient (Wildman–Crippen LogP) is 4.29. The highest BCUT2D eigenvalue weighted by Crippen LogP contribution is 2.30. The first kappa shape index (κ1) is 17.6. The third-order valence-corrected chi connectivity index (χ3v) is 3.95. The Labute approximate surface area is 143 Å². The third-order valence-electron chi connectivity index (χ3n) is 3.95. The topological polar surface area (TPSA) is 56.6 Å². The fourth-order valence-electron chi connectivity index (χ4n) is 2.64. The monoisotopic (exact) mass is 364 g/mol. The molecule has 0 fully saturated rings. The molecule has 2 aromatic carbocycles. The molecule has 0 bridgehead atoms. The highest BCUT2D eigenvalue weighted by molar-refractivity contribution is 5.83. The minimum absolute atomic E-state index is 0.00667. The van der Waals surface area contributed by atoms with Crippen molar-refractivity contribution < 1.29 is 22.0 Å². The van der Waals surface area contributed by atoms with Crippen LogP contribution >= 0.6 is 0 Å². The summed E-state index contributed by atoms with van der Waals surface area (Å²) in [6, 6.07) is 6.32. The summed E-state index contributed by atoms with van der Waals surface area (Å²) >= 11 is 0. The number of hydrogen-bond acceptors (Lipinski definition) is 2. The molecule has 0 amide bonds. The van der Waals surface area contributed by atoms with Crippen molar-refractivity contribution in [3.63, 3.8) is 0 Å². The van der Waals surface area contributed by atoms with Crippen molar-refractivity contribution in [2.75, 3.05) is 0 Å². The van der Waals surface area contributed by atoms with Crippen LogP contribution in [0.25, 0.3) is 10.9 Å². The molecule has 0 unspecified atom stereocenters. The van der Waals surface area contributed by atoms with Gasteiger partial charge >= 0.3 is 6.18 Å². The molecule has 0 aliphatic carbocycles. The summed E-state index contributed by atoms with van der Waals surface area (Å²) in [5.74, 6) is -2.49. The van der Waals surface area contributed by atoms with Crippen LogP contribution in [0.2, 0.25) is 0 Å². The Morgan fingerprint density at radius 1 is 1.12 bits per heavy atom. The summed E-state index contributed by atoms with van der Waals surface area (Å²) < 4.78 is 66.0. The maximum Gasteiger partial charge on any atom is 0.416 e. The number of alkyl halides is 3. The molecule has 0 spiro atoms. The molecule has 3 rings (SSSR count). The van der Waals surface area contributed by atoms with Gasteiger partial charge in [-0.25, -0.2) is 8.78 Å². The smallest absolute Gasteiger partial charge is 0.359 e. The fourth-order valence-corrected chi connectivity index (χ4v) is 2.64. The number of hydrogen-bond donors (Lipinski definition) is 1. The van der Waals surface area contributed by atoms with E-state index in [0.717, 1.165) is 30.5 Å².